The molecule has 0 aromatic heterocycles. The molecule has 3 aliphatic carbocycles. The van der Waals surface area contributed by atoms with E-state index in [1.165, 1.54) is 83.5 Å². The third-order valence-electron chi connectivity index (χ3n) is 9.49. The Labute approximate surface area is 221 Å². The van der Waals surface area contributed by atoms with Crippen LogP contribution in [0.3, 0.4) is 0 Å². The SMILES string of the molecule is CCCCCCCCOC1CC[C@]2(CC1)C[C@@]1(CCC(OCCCCCCCC)CC1)C2(Cl)Cl. The van der Waals surface area contributed by atoms with Gasteiger partial charge in [0.15, 0.2) is 0 Å². The minimum atomic E-state index is -0.561. The van der Waals surface area contributed by atoms with Crippen LogP contribution in [-0.2, 0) is 9.47 Å². The first-order valence-electron chi connectivity index (χ1n) is 15.1. The van der Waals surface area contributed by atoms with Crippen molar-refractivity contribution in [3.05, 3.63) is 0 Å². The molecule has 0 amide bonds. The summed E-state index contributed by atoms with van der Waals surface area (Å²) in [5.74, 6) is 0. The monoisotopic (exact) mass is 516 g/mol. The highest BCUT2D eigenvalue weighted by Crippen LogP contribution is 2.76. The van der Waals surface area contributed by atoms with Crippen molar-refractivity contribution < 1.29 is 9.47 Å². The standard InChI is InChI=1S/C30H54Cl2O2/c1-3-5-7-9-11-13-23-33-26-15-19-28(20-16-26)25-29(30(28,31)32)21-17-27(18-22-29)34-24-14-12-10-8-6-4-2/h26-27H,3-25H2,1-2H3/t26?,27?,28-,29-. The number of ether oxygens (including phenoxy) is 2. The van der Waals surface area contributed by atoms with Crippen molar-refractivity contribution >= 4 is 23.2 Å². The van der Waals surface area contributed by atoms with Crippen molar-refractivity contribution in [3.8, 4) is 0 Å². The first-order chi connectivity index (χ1) is 16.5. The van der Waals surface area contributed by atoms with Gasteiger partial charge in [-0.1, -0.05) is 78.1 Å². The summed E-state index contributed by atoms with van der Waals surface area (Å²) in [5.41, 5.74) is 0.255. The molecule has 34 heavy (non-hydrogen) atoms. The Morgan fingerprint density at radius 1 is 0.559 bits per heavy atom. The molecule has 0 radical (unpaired) electrons. The summed E-state index contributed by atoms with van der Waals surface area (Å²) in [6, 6.07) is 0. The largest absolute Gasteiger partial charge is 0.378 e. The van der Waals surface area contributed by atoms with Gasteiger partial charge in [0.05, 0.1) is 12.2 Å². The molecule has 0 heterocycles. The second kappa shape index (κ2) is 14.4. The Kier molecular flexibility index (Phi) is 12.3. The highest BCUT2D eigenvalue weighted by molar-refractivity contribution is 6.50. The Bertz CT molecular complexity index is 502. The Morgan fingerprint density at radius 3 is 1.26 bits per heavy atom. The van der Waals surface area contributed by atoms with Crippen molar-refractivity contribution in [2.45, 2.75) is 165 Å². The third kappa shape index (κ3) is 7.29. The van der Waals surface area contributed by atoms with Gasteiger partial charge in [0.1, 0.15) is 4.33 Å². The van der Waals surface area contributed by atoms with E-state index < -0.39 is 4.33 Å². The van der Waals surface area contributed by atoms with Gasteiger partial charge in [-0.2, -0.15) is 0 Å². The summed E-state index contributed by atoms with van der Waals surface area (Å²) in [5, 5.41) is 0. The molecule has 2 nitrogen and oxygen atoms in total. The topological polar surface area (TPSA) is 18.5 Å². The predicted octanol–water partition coefficient (Wildman–Crippen LogP) is 10.2. The quantitative estimate of drug-likeness (QED) is 0.150. The van der Waals surface area contributed by atoms with Gasteiger partial charge in [0.2, 0.25) is 0 Å². The molecule has 3 aliphatic rings. The van der Waals surface area contributed by atoms with Crippen molar-refractivity contribution in [1.29, 1.82) is 0 Å². The molecule has 200 valence electrons. The molecular formula is C30H54Cl2O2. The lowest BCUT2D eigenvalue weighted by atomic mass is 9.44. The number of unbranched alkanes of at least 4 members (excludes halogenated alkanes) is 10. The van der Waals surface area contributed by atoms with Crippen LogP contribution in [0.2, 0.25) is 0 Å². The fraction of sp³-hybridized carbons (Fsp3) is 1.00. The number of rotatable bonds is 16. The predicted molar refractivity (Wildman–Crippen MR) is 147 cm³/mol. The van der Waals surface area contributed by atoms with E-state index in [1.54, 1.807) is 0 Å². The van der Waals surface area contributed by atoms with Gasteiger partial charge in [-0.15, -0.1) is 23.2 Å². The molecule has 0 aromatic carbocycles. The second-order valence-electron chi connectivity index (χ2n) is 12.0. The van der Waals surface area contributed by atoms with E-state index in [0.717, 1.165) is 64.6 Å². The van der Waals surface area contributed by atoms with Crippen molar-refractivity contribution in [2.24, 2.45) is 10.8 Å². The number of hydrogen-bond acceptors (Lipinski definition) is 2. The smallest absolute Gasteiger partial charge is 0.129 e. The molecule has 0 bridgehead atoms. The second-order valence-corrected chi connectivity index (χ2v) is 13.3. The van der Waals surface area contributed by atoms with Crippen LogP contribution in [0.5, 0.6) is 0 Å². The van der Waals surface area contributed by atoms with E-state index in [9.17, 15) is 0 Å². The highest BCUT2D eigenvalue weighted by Gasteiger charge is 2.72. The molecule has 2 spiro atoms. The van der Waals surface area contributed by atoms with E-state index >= 15 is 0 Å². The van der Waals surface area contributed by atoms with E-state index in [0.29, 0.717) is 12.2 Å². The molecule has 3 saturated carbocycles. The summed E-state index contributed by atoms with van der Waals surface area (Å²) >= 11 is 14.5. The normalized spacial score (nSPS) is 32.8. The number of alkyl halides is 2. The van der Waals surface area contributed by atoms with Gasteiger partial charge in [0.25, 0.3) is 0 Å². The van der Waals surface area contributed by atoms with E-state index in [4.69, 9.17) is 32.7 Å². The summed E-state index contributed by atoms with van der Waals surface area (Å²) in [4.78, 5) is 0. The maximum Gasteiger partial charge on any atom is 0.129 e. The lowest BCUT2D eigenvalue weighted by molar-refractivity contribution is -0.139. The van der Waals surface area contributed by atoms with Crippen LogP contribution in [-0.4, -0.2) is 29.8 Å². The summed E-state index contributed by atoms with van der Waals surface area (Å²) in [6.45, 7) is 6.41. The molecule has 0 atom stereocenters. The Hall–Kier alpha value is 0.500. The van der Waals surface area contributed by atoms with Crippen LogP contribution in [0.1, 0.15) is 149 Å². The maximum atomic E-state index is 7.23. The molecule has 0 N–H and O–H groups in total. The average Bonchev–Trinajstić information content (AvgIpc) is 2.85. The van der Waals surface area contributed by atoms with E-state index in [-0.39, 0.29) is 10.8 Å². The first-order valence-corrected chi connectivity index (χ1v) is 15.9. The van der Waals surface area contributed by atoms with Gasteiger partial charge in [0, 0.05) is 24.0 Å². The fourth-order valence-electron chi connectivity index (χ4n) is 7.19. The Balaban J connectivity index is 1.30. The van der Waals surface area contributed by atoms with Crippen LogP contribution in [0.4, 0.5) is 0 Å². The van der Waals surface area contributed by atoms with Gasteiger partial charge in [-0.05, 0) is 70.6 Å². The molecule has 3 rings (SSSR count). The molecule has 0 aliphatic heterocycles. The summed E-state index contributed by atoms with van der Waals surface area (Å²) in [6.07, 6.45) is 27.1. The van der Waals surface area contributed by atoms with Gasteiger partial charge in [-0.3, -0.25) is 0 Å². The molecular weight excluding hydrogens is 463 g/mol. The van der Waals surface area contributed by atoms with Gasteiger partial charge in [-0.25, -0.2) is 0 Å². The minimum absolute atomic E-state index is 0.127. The molecule has 0 unspecified atom stereocenters. The van der Waals surface area contributed by atoms with E-state index in [1.807, 2.05) is 0 Å². The lowest BCUT2D eigenvalue weighted by Crippen LogP contribution is -2.67. The molecule has 4 heteroatoms. The molecule has 0 saturated heterocycles. The fourth-order valence-corrected chi connectivity index (χ4v) is 8.22. The maximum absolute atomic E-state index is 7.23. The molecule has 0 aromatic rings. The van der Waals surface area contributed by atoms with Gasteiger partial charge < -0.3 is 9.47 Å². The van der Waals surface area contributed by atoms with Crippen LogP contribution in [0.25, 0.3) is 0 Å². The van der Waals surface area contributed by atoms with Crippen LogP contribution < -0.4 is 0 Å². The minimum Gasteiger partial charge on any atom is -0.378 e. The lowest BCUT2D eigenvalue weighted by Gasteiger charge is -2.69. The van der Waals surface area contributed by atoms with Crippen LogP contribution >= 0.6 is 23.2 Å². The Morgan fingerprint density at radius 2 is 0.912 bits per heavy atom. The van der Waals surface area contributed by atoms with Crippen molar-refractivity contribution in [3.63, 3.8) is 0 Å². The number of halogens is 2. The van der Waals surface area contributed by atoms with Gasteiger partial charge >= 0.3 is 0 Å². The zero-order chi connectivity index (χ0) is 24.3. The highest BCUT2D eigenvalue weighted by atomic mass is 35.5. The van der Waals surface area contributed by atoms with E-state index in [2.05, 4.69) is 13.8 Å². The zero-order valence-corrected chi connectivity index (χ0v) is 24.0. The molecule has 3 fully saturated rings. The number of hydrogen-bond donors (Lipinski definition) is 0. The summed E-state index contributed by atoms with van der Waals surface area (Å²) < 4.78 is 11.9. The van der Waals surface area contributed by atoms with Crippen molar-refractivity contribution in [2.75, 3.05) is 13.2 Å². The first kappa shape index (κ1) is 29.1. The summed E-state index contributed by atoms with van der Waals surface area (Å²) in [7, 11) is 0. The van der Waals surface area contributed by atoms with Crippen LogP contribution in [0.15, 0.2) is 0 Å². The van der Waals surface area contributed by atoms with Crippen molar-refractivity contribution in [1.82, 2.24) is 0 Å². The van der Waals surface area contributed by atoms with Crippen LogP contribution in [0, 0.1) is 10.8 Å². The zero-order valence-electron chi connectivity index (χ0n) is 22.5. The third-order valence-corrected chi connectivity index (χ3v) is 11.1. The average molecular weight is 518 g/mol.